The molecule has 1 rings (SSSR count). The van der Waals surface area contributed by atoms with E-state index in [2.05, 4.69) is 10.4 Å². The summed E-state index contributed by atoms with van der Waals surface area (Å²) in [4.78, 5) is 10.4. The number of H-pyrrole nitrogens is 1. The summed E-state index contributed by atoms with van der Waals surface area (Å²) in [5.41, 5.74) is 5.94. The maximum atomic E-state index is 10.4. The molecule has 0 radical (unpaired) electrons. The lowest BCUT2D eigenvalue weighted by atomic mass is 10.4. The van der Waals surface area contributed by atoms with Crippen molar-refractivity contribution in [2.24, 2.45) is 5.73 Å². The second-order valence-electron chi connectivity index (χ2n) is 2.18. The van der Waals surface area contributed by atoms with Gasteiger partial charge in [-0.1, -0.05) is 0 Å². The van der Waals surface area contributed by atoms with Crippen molar-refractivity contribution in [3.05, 3.63) is 5.69 Å². The Kier molecular flexibility index (Phi) is 2.32. The zero-order chi connectivity index (χ0) is 8.27. The van der Waals surface area contributed by atoms with Gasteiger partial charge in [-0.2, -0.15) is 0 Å². The monoisotopic (exact) mass is 156 g/mol. The number of aldehydes is 1. The van der Waals surface area contributed by atoms with Crippen molar-refractivity contribution in [1.82, 2.24) is 9.78 Å². The van der Waals surface area contributed by atoms with E-state index in [9.17, 15) is 4.79 Å². The van der Waals surface area contributed by atoms with Gasteiger partial charge in [-0.3, -0.25) is 14.6 Å². The largest absolute Gasteiger partial charge is 0.372 e. The van der Waals surface area contributed by atoms with Crippen LogP contribution >= 0.6 is 0 Å². The number of nitrogens with zero attached hydrogens (tertiary/aromatic N) is 1. The van der Waals surface area contributed by atoms with Crippen LogP contribution in [0.2, 0.25) is 0 Å². The molecule has 0 aliphatic heterocycles. The lowest BCUT2D eigenvalue weighted by Gasteiger charge is -2.18. The zero-order valence-electron chi connectivity index (χ0n) is 6.42. The third-order valence-electron chi connectivity index (χ3n) is 1.51. The maximum absolute atomic E-state index is 10.4. The average Bonchev–Trinajstić information content (AvgIpc) is 1.98. The molecule has 0 aliphatic rings. The summed E-state index contributed by atoms with van der Waals surface area (Å²) in [6.45, 7) is 1.18. The van der Waals surface area contributed by atoms with Gasteiger partial charge in [0.25, 0.3) is 0 Å². The number of hydrogen-bond acceptors (Lipinski definition) is 3. The summed E-state index contributed by atoms with van der Waals surface area (Å²) >= 11 is 0. The fraction of sp³-hybridized carbons (Fsp3) is 0.500. The lowest BCUT2D eigenvalue weighted by Crippen LogP contribution is -2.23. The molecule has 1 aromatic heterocycles. The van der Waals surface area contributed by atoms with Gasteiger partial charge in [0.15, 0.2) is 6.29 Å². The zero-order valence-corrected chi connectivity index (χ0v) is 6.42. The molecule has 0 aliphatic carbocycles. The highest BCUT2D eigenvalue weighted by molar-refractivity contribution is 5.80. The van der Waals surface area contributed by atoms with Gasteiger partial charge < -0.3 is 11.1 Å². The van der Waals surface area contributed by atoms with Crippen molar-refractivity contribution in [3.63, 3.8) is 0 Å². The van der Waals surface area contributed by atoms with E-state index in [1.807, 2.05) is 0 Å². The van der Waals surface area contributed by atoms with Crippen molar-refractivity contribution in [1.29, 1.82) is 0 Å². The highest BCUT2D eigenvalue weighted by atomic mass is 16.1. The quantitative estimate of drug-likeness (QED) is 0.520. The first kappa shape index (κ1) is 7.87. The highest BCUT2D eigenvalue weighted by Crippen LogP contribution is 2.11. The number of carbonyl (C=O) groups excluding carboxylic acids is 1. The molecule has 62 valence electrons. The molecule has 0 aromatic carbocycles. The number of aromatic amines is 1. The summed E-state index contributed by atoms with van der Waals surface area (Å²) in [5, 5.41) is 5.77. The molecule has 11 heavy (non-hydrogen) atoms. The minimum Gasteiger partial charge on any atom is -0.372 e. The predicted molar refractivity (Wildman–Crippen MR) is 42.8 cm³/mol. The van der Waals surface area contributed by atoms with Crippen molar-refractivity contribution in [3.8, 4) is 0 Å². The van der Waals surface area contributed by atoms with E-state index in [4.69, 9.17) is 5.73 Å². The Hall–Kier alpha value is -1.23. The molecule has 0 amide bonds. The van der Waals surface area contributed by atoms with Crippen LogP contribution in [-0.4, -0.2) is 29.7 Å². The summed E-state index contributed by atoms with van der Waals surface area (Å²) in [7, 11) is 1.76. The van der Waals surface area contributed by atoms with Crippen molar-refractivity contribution in [2.45, 2.75) is 6.54 Å². The molecular formula is C6H12N4O. The van der Waals surface area contributed by atoms with Gasteiger partial charge in [0, 0.05) is 13.6 Å². The summed E-state index contributed by atoms with van der Waals surface area (Å²) in [6.07, 6.45) is 0.804. The lowest BCUT2D eigenvalue weighted by molar-refractivity contribution is 0.111. The van der Waals surface area contributed by atoms with E-state index < -0.39 is 0 Å². The number of nitrogens with two attached hydrogens (primary N) is 1. The summed E-state index contributed by atoms with van der Waals surface area (Å²) in [5.74, 6) is 0.758. The third kappa shape index (κ3) is 1.27. The number of hydrogen-bond donors (Lipinski definition) is 3. The van der Waals surface area contributed by atoms with Crippen LogP contribution in [0.5, 0.6) is 0 Å². The number of anilines is 1. The van der Waals surface area contributed by atoms with E-state index in [-0.39, 0.29) is 0 Å². The molecule has 5 nitrogen and oxygen atoms in total. The first-order chi connectivity index (χ1) is 5.33. The Morgan fingerprint density at radius 2 is 2.55 bits per heavy atom. The third-order valence-corrected chi connectivity index (χ3v) is 1.51. The van der Waals surface area contributed by atoms with Gasteiger partial charge in [0.2, 0.25) is 0 Å². The molecule has 0 saturated carbocycles. The SMILES string of the molecule is CNc1[nH]n(CCN)c1C=O. The van der Waals surface area contributed by atoms with Crippen LogP contribution < -0.4 is 11.1 Å². The Labute approximate surface area is 64.5 Å². The van der Waals surface area contributed by atoms with Gasteiger partial charge in [-0.05, 0) is 0 Å². The van der Waals surface area contributed by atoms with Gasteiger partial charge in [0.1, 0.15) is 11.5 Å². The fourth-order valence-electron chi connectivity index (χ4n) is 0.946. The molecule has 0 fully saturated rings. The van der Waals surface area contributed by atoms with Crippen molar-refractivity contribution >= 4 is 12.1 Å². The van der Waals surface area contributed by atoms with E-state index in [1.54, 1.807) is 11.7 Å². The van der Waals surface area contributed by atoms with Crippen LogP contribution in [0.1, 0.15) is 10.5 Å². The first-order valence-electron chi connectivity index (χ1n) is 3.45. The number of carbonyl (C=O) groups is 1. The molecule has 4 N–H and O–H groups in total. The molecular weight excluding hydrogens is 144 g/mol. The smallest absolute Gasteiger partial charge is 0.171 e. The Balaban J connectivity index is 2.70. The van der Waals surface area contributed by atoms with Gasteiger partial charge >= 0.3 is 0 Å². The second kappa shape index (κ2) is 3.25. The van der Waals surface area contributed by atoms with Crippen LogP contribution in [0.3, 0.4) is 0 Å². The van der Waals surface area contributed by atoms with Gasteiger partial charge in [-0.15, -0.1) is 0 Å². The molecule has 5 heteroatoms. The van der Waals surface area contributed by atoms with E-state index in [1.165, 1.54) is 0 Å². The molecule has 1 aromatic rings. The van der Waals surface area contributed by atoms with E-state index >= 15 is 0 Å². The summed E-state index contributed by atoms with van der Waals surface area (Å²) < 4.78 is 1.71. The van der Waals surface area contributed by atoms with Crippen LogP contribution in [0, 0.1) is 0 Å². The number of nitrogens with one attached hydrogen (secondary N) is 2. The van der Waals surface area contributed by atoms with E-state index in [0.717, 1.165) is 12.1 Å². The Morgan fingerprint density at radius 3 is 3.00 bits per heavy atom. The number of aromatic nitrogens is 2. The predicted octanol–water partition coefficient (Wildman–Crippen LogP) is -0.371. The molecule has 0 atom stereocenters. The normalized spacial score (nSPS) is 10.0. The molecule has 1 heterocycles. The van der Waals surface area contributed by atoms with Crippen LogP contribution in [-0.2, 0) is 6.54 Å². The first-order valence-corrected chi connectivity index (χ1v) is 3.45. The minimum absolute atomic E-state index is 0.529. The fourth-order valence-corrected chi connectivity index (χ4v) is 0.946. The topological polar surface area (TPSA) is 75.8 Å². The summed E-state index contributed by atoms with van der Waals surface area (Å²) in [6, 6.07) is 0. The molecule has 0 unspecified atom stereocenters. The standard InChI is InChI=1S/C6H12N4O/c1-8-6-5(4-11)10(9-6)3-2-7/h4,8-9H,2-3,7H2,1H3. The average molecular weight is 156 g/mol. The molecule has 0 spiro atoms. The van der Waals surface area contributed by atoms with Crippen LogP contribution in [0.15, 0.2) is 0 Å². The van der Waals surface area contributed by atoms with Crippen LogP contribution in [0.4, 0.5) is 5.82 Å². The molecule has 0 saturated heterocycles. The Morgan fingerprint density at radius 1 is 1.82 bits per heavy atom. The second-order valence-corrected chi connectivity index (χ2v) is 2.18. The van der Waals surface area contributed by atoms with E-state index in [0.29, 0.717) is 18.8 Å². The molecule has 0 bridgehead atoms. The van der Waals surface area contributed by atoms with Gasteiger partial charge in [0.05, 0.1) is 6.54 Å². The Bertz CT molecular complexity index is 237. The van der Waals surface area contributed by atoms with Gasteiger partial charge in [-0.25, -0.2) is 0 Å². The number of rotatable bonds is 4. The highest BCUT2D eigenvalue weighted by Gasteiger charge is 2.09. The van der Waals surface area contributed by atoms with Crippen molar-refractivity contribution in [2.75, 3.05) is 18.9 Å². The van der Waals surface area contributed by atoms with Crippen LogP contribution in [0.25, 0.3) is 0 Å². The maximum Gasteiger partial charge on any atom is 0.171 e. The minimum atomic E-state index is 0.529. The van der Waals surface area contributed by atoms with Crippen molar-refractivity contribution < 1.29 is 4.79 Å².